The lowest BCUT2D eigenvalue weighted by Gasteiger charge is -2.36. The van der Waals surface area contributed by atoms with Crippen LogP contribution in [0.4, 0.5) is 5.00 Å². The van der Waals surface area contributed by atoms with Crippen molar-refractivity contribution in [2.24, 2.45) is 5.73 Å². The van der Waals surface area contributed by atoms with Crippen molar-refractivity contribution in [2.75, 3.05) is 31.1 Å². The molecule has 2 heterocycles. The van der Waals surface area contributed by atoms with Crippen LogP contribution >= 0.6 is 11.3 Å². The Morgan fingerprint density at radius 2 is 2.00 bits per heavy atom. The number of carbonyl (C=O) groups excluding carboxylic acids is 1. The van der Waals surface area contributed by atoms with Gasteiger partial charge in [0.1, 0.15) is 0 Å². The number of thiophene rings is 1. The molecular formula is C12H17N3OS. The summed E-state index contributed by atoms with van der Waals surface area (Å²) in [5.74, 6) is 0.156. The lowest BCUT2D eigenvalue weighted by molar-refractivity contribution is -0.133. The number of rotatable bonds is 2. The molecule has 1 aromatic heterocycles. The second-order valence-electron chi connectivity index (χ2n) is 4.89. The molecule has 2 fully saturated rings. The van der Waals surface area contributed by atoms with Gasteiger partial charge in [0.25, 0.3) is 0 Å². The maximum absolute atomic E-state index is 12.1. The summed E-state index contributed by atoms with van der Waals surface area (Å²) in [5, 5.41) is 3.39. The number of nitrogens with zero attached hydrogens (tertiary/aromatic N) is 2. The Bertz CT molecular complexity index is 405. The van der Waals surface area contributed by atoms with E-state index in [4.69, 9.17) is 5.73 Å². The van der Waals surface area contributed by atoms with Gasteiger partial charge in [-0.15, -0.1) is 11.3 Å². The molecule has 2 aliphatic rings. The Morgan fingerprint density at radius 3 is 2.53 bits per heavy atom. The first-order chi connectivity index (χ1) is 8.19. The average molecular weight is 251 g/mol. The normalized spacial score (nSPS) is 22.6. The van der Waals surface area contributed by atoms with Crippen LogP contribution in [0, 0.1) is 0 Å². The standard InChI is InChI=1S/C12H17N3OS/c13-12(3-4-12)11(16)15-7-5-14(6-8-15)10-2-1-9-17-10/h1-2,9H,3-8,13H2. The predicted octanol–water partition coefficient (Wildman–Crippen LogP) is 0.888. The molecule has 4 nitrogen and oxygen atoms in total. The van der Waals surface area contributed by atoms with Gasteiger partial charge in [0, 0.05) is 26.2 Å². The molecule has 1 amide bonds. The summed E-state index contributed by atoms with van der Waals surface area (Å²) in [6, 6.07) is 4.20. The Balaban J connectivity index is 1.59. The highest BCUT2D eigenvalue weighted by Gasteiger charge is 2.48. The van der Waals surface area contributed by atoms with Gasteiger partial charge in [0.15, 0.2) is 0 Å². The van der Waals surface area contributed by atoms with E-state index in [-0.39, 0.29) is 5.91 Å². The number of hydrogen-bond acceptors (Lipinski definition) is 4. The van der Waals surface area contributed by atoms with Crippen LogP contribution in [-0.2, 0) is 4.79 Å². The Kier molecular flexibility index (Phi) is 2.60. The fourth-order valence-electron chi connectivity index (χ4n) is 2.24. The minimum atomic E-state index is -0.509. The molecular weight excluding hydrogens is 234 g/mol. The highest BCUT2D eigenvalue weighted by atomic mass is 32.1. The van der Waals surface area contributed by atoms with Crippen molar-refractivity contribution in [1.29, 1.82) is 0 Å². The zero-order valence-corrected chi connectivity index (χ0v) is 10.6. The molecule has 2 N–H and O–H groups in total. The Morgan fingerprint density at radius 1 is 1.29 bits per heavy atom. The molecule has 0 bridgehead atoms. The zero-order chi connectivity index (χ0) is 11.9. The van der Waals surface area contributed by atoms with E-state index in [1.165, 1.54) is 5.00 Å². The first-order valence-corrected chi connectivity index (χ1v) is 6.94. The second kappa shape index (κ2) is 3.99. The summed E-state index contributed by atoms with van der Waals surface area (Å²) in [6.07, 6.45) is 1.72. The van der Waals surface area contributed by atoms with Gasteiger partial charge in [0.05, 0.1) is 10.5 Å². The summed E-state index contributed by atoms with van der Waals surface area (Å²) in [4.78, 5) is 16.3. The van der Waals surface area contributed by atoms with Crippen LogP contribution in [0.25, 0.3) is 0 Å². The van der Waals surface area contributed by atoms with Gasteiger partial charge < -0.3 is 15.5 Å². The highest BCUT2D eigenvalue weighted by Crippen LogP contribution is 2.34. The summed E-state index contributed by atoms with van der Waals surface area (Å²) >= 11 is 1.75. The van der Waals surface area contributed by atoms with Crippen molar-refractivity contribution in [3.05, 3.63) is 17.5 Å². The number of hydrogen-bond donors (Lipinski definition) is 1. The number of piperazine rings is 1. The molecule has 0 spiro atoms. The van der Waals surface area contributed by atoms with Gasteiger partial charge in [-0.2, -0.15) is 0 Å². The van der Waals surface area contributed by atoms with Crippen molar-refractivity contribution >= 4 is 22.2 Å². The fourth-order valence-corrected chi connectivity index (χ4v) is 3.03. The van der Waals surface area contributed by atoms with E-state index >= 15 is 0 Å². The fraction of sp³-hybridized carbons (Fsp3) is 0.583. The lowest BCUT2D eigenvalue weighted by atomic mass is 10.2. The third kappa shape index (κ3) is 2.05. The molecule has 5 heteroatoms. The van der Waals surface area contributed by atoms with Gasteiger partial charge in [-0.3, -0.25) is 4.79 Å². The predicted molar refractivity (Wildman–Crippen MR) is 69.3 cm³/mol. The van der Waals surface area contributed by atoms with Crippen molar-refractivity contribution in [3.63, 3.8) is 0 Å². The van der Waals surface area contributed by atoms with Gasteiger partial charge in [0.2, 0.25) is 5.91 Å². The van der Waals surface area contributed by atoms with Crippen LogP contribution in [0.15, 0.2) is 17.5 Å². The second-order valence-corrected chi connectivity index (χ2v) is 5.81. The number of nitrogens with two attached hydrogens (primary N) is 1. The molecule has 0 unspecified atom stereocenters. The van der Waals surface area contributed by atoms with Crippen LogP contribution in [0.5, 0.6) is 0 Å². The summed E-state index contributed by atoms with van der Waals surface area (Å²) in [5.41, 5.74) is 5.44. The van der Waals surface area contributed by atoms with E-state index < -0.39 is 5.54 Å². The molecule has 1 saturated carbocycles. The molecule has 1 aliphatic heterocycles. The van der Waals surface area contributed by atoms with E-state index in [1.807, 2.05) is 4.90 Å². The summed E-state index contributed by atoms with van der Waals surface area (Å²) in [7, 11) is 0. The number of amides is 1. The van der Waals surface area contributed by atoms with Crippen molar-refractivity contribution < 1.29 is 4.79 Å². The van der Waals surface area contributed by atoms with Crippen molar-refractivity contribution in [3.8, 4) is 0 Å². The molecule has 0 radical (unpaired) electrons. The maximum Gasteiger partial charge on any atom is 0.242 e. The highest BCUT2D eigenvalue weighted by molar-refractivity contribution is 7.14. The SMILES string of the molecule is NC1(C(=O)N2CCN(c3cccs3)CC2)CC1. The molecule has 3 rings (SSSR count). The van der Waals surface area contributed by atoms with Crippen LogP contribution in [0.3, 0.4) is 0 Å². The Hall–Kier alpha value is -1.07. The van der Waals surface area contributed by atoms with Gasteiger partial charge in [-0.05, 0) is 30.4 Å². The van der Waals surface area contributed by atoms with Crippen molar-refractivity contribution in [2.45, 2.75) is 18.4 Å². The minimum Gasteiger partial charge on any atom is -0.360 e. The Labute approximate surface area is 105 Å². The average Bonchev–Trinajstić information content (AvgIpc) is 2.91. The van der Waals surface area contributed by atoms with E-state index in [2.05, 4.69) is 22.4 Å². The first kappa shape index (κ1) is 11.0. The molecule has 0 aromatic carbocycles. The third-order valence-electron chi connectivity index (χ3n) is 3.60. The number of carbonyl (C=O) groups is 1. The number of anilines is 1. The van der Waals surface area contributed by atoms with Gasteiger partial charge in [-0.1, -0.05) is 0 Å². The largest absolute Gasteiger partial charge is 0.360 e. The van der Waals surface area contributed by atoms with E-state index in [0.29, 0.717) is 0 Å². The van der Waals surface area contributed by atoms with Gasteiger partial charge >= 0.3 is 0 Å². The molecule has 1 aromatic rings. The van der Waals surface area contributed by atoms with Crippen molar-refractivity contribution in [1.82, 2.24) is 4.90 Å². The molecule has 17 heavy (non-hydrogen) atoms. The third-order valence-corrected chi connectivity index (χ3v) is 4.53. The lowest BCUT2D eigenvalue weighted by Crippen LogP contribution is -2.54. The molecule has 0 atom stereocenters. The first-order valence-electron chi connectivity index (χ1n) is 6.06. The quantitative estimate of drug-likeness (QED) is 0.849. The monoisotopic (exact) mass is 251 g/mol. The maximum atomic E-state index is 12.1. The minimum absolute atomic E-state index is 0.156. The van der Waals surface area contributed by atoms with E-state index in [0.717, 1.165) is 39.0 Å². The molecule has 92 valence electrons. The summed E-state index contributed by atoms with van der Waals surface area (Å²) in [6.45, 7) is 3.44. The van der Waals surface area contributed by atoms with Gasteiger partial charge in [-0.25, -0.2) is 0 Å². The zero-order valence-electron chi connectivity index (χ0n) is 9.76. The van der Waals surface area contributed by atoms with E-state index in [1.54, 1.807) is 11.3 Å². The molecule has 1 saturated heterocycles. The van der Waals surface area contributed by atoms with Crippen LogP contribution in [-0.4, -0.2) is 42.5 Å². The van der Waals surface area contributed by atoms with E-state index in [9.17, 15) is 4.79 Å². The van der Waals surface area contributed by atoms with Crippen LogP contribution in [0.1, 0.15) is 12.8 Å². The topological polar surface area (TPSA) is 49.6 Å². The van der Waals surface area contributed by atoms with Crippen LogP contribution < -0.4 is 10.6 Å². The smallest absolute Gasteiger partial charge is 0.242 e. The summed E-state index contributed by atoms with van der Waals surface area (Å²) < 4.78 is 0. The molecule has 1 aliphatic carbocycles. The van der Waals surface area contributed by atoms with Crippen LogP contribution in [0.2, 0.25) is 0 Å².